The van der Waals surface area contributed by atoms with Gasteiger partial charge >= 0.3 is 0 Å². The van der Waals surface area contributed by atoms with E-state index in [9.17, 15) is 0 Å². The van der Waals surface area contributed by atoms with Crippen molar-refractivity contribution in [1.82, 2.24) is 9.55 Å². The number of benzene rings is 1. The lowest BCUT2D eigenvalue weighted by Gasteiger charge is -2.21. The van der Waals surface area contributed by atoms with Crippen LogP contribution >= 0.6 is 23.2 Å². The van der Waals surface area contributed by atoms with Crippen molar-refractivity contribution < 1.29 is 0 Å². The predicted molar refractivity (Wildman–Crippen MR) is 78.3 cm³/mol. The number of nitrogens with two attached hydrogens (primary N) is 1. The van der Waals surface area contributed by atoms with Crippen molar-refractivity contribution in [2.24, 2.45) is 5.92 Å². The maximum atomic E-state index is 6.07. The van der Waals surface area contributed by atoms with Gasteiger partial charge < -0.3 is 10.3 Å². The molecule has 2 N–H and O–H groups in total. The molecule has 0 radical (unpaired) electrons. The number of hydrogen-bond acceptors (Lipinski definition) is 2. The van der Waals surface area contributed by atoms with Crippen LogP contribution in [-0.4, -0.2) is 9.55 Å². The molecule has 0 saturated heterocycles. The first-order valence-corrected chi connectivity index (χ1v) is 6.83. The van der Waals surface area contributed by atoms with E-state index in [1.807, 2.05) is 10.6 Å². The molecule has 0 aliphatic carbocycles. The molecule has 98 valence electrons. The van der Waals surface area contributed by atoms with Crippen LogP contribution in [0.2, 0.25) is 10.0 Å². The van der Waals surface area contributed by atoms with Gasteiger partial charge in [0, 0.05) is 6.04 Å². The van der Waals surface area contributed by atoms with Gasteiger partial charge in [0.25, 0.3) is 0 Å². The van der Waals surface area contributed by atoms with Crippen LogP contribution in [0.25, 0.3) is 11.0 Å². The quantitative estimate of drug-likeness (QED) is 0.900. The van der Waals surface area contributed by atoms with Crippen LogP contribution in [0.15, 0.2) is 12.1 Å². The molecule has 0 aliphatic heterocycles. The molecule has 5 heteroatoms. The second-order valence-corrected chi connectivity index (χ2v) is 5.54. The molecule has 1 aromatic carbocycles. The normalized spacial score (nSPS) is 14.9. The highest BCUT2D eigenvalue weighted by Crippen LogP contribution is 2.33. The number of fused-ring (bicyclic) bond motifs is 1. The fraction of sp³-hybridized carbons (Fsp3) is 0.462. The zero-order valence-corrected chi connectivity index (χ0v) is 12.3. The monoisotopic (exact) mass is 285 g/mol. The third-order valence-corrected chi connectivity index (χ3v) is 4.36. The first kappa shape index (κ1) is 13.5. The van der Waals surface area contributed by atoms with E-state index in [0.717, 1.165) is 17.5 Å². The molecule has 1 heterocycles. The predicted octanol–water partition coefficient (Wildman–Crippen LogP) is 4.53. The number of hydrogen-bond donors (Lipinski definition) is 1. The van der Waals surface area contributed by atoms with Crippen molar-refractivity contribution in [3.8, 4) is 0 Å². The summed E-state index contributed by atoms with van der Waals surface area (Å²) >= 11 is 12.1. The highest BCUT2D eigenvalue weighted by molar-refractivity contribution is 6.42. The van der Waals surface area contributed by atoms with Crippen LogP contribution in [0.1, 0.15) is 33.2 Å². The smallest absolute Gasteiger partial charge is 0.201 e. The van der Waals surface area contributed by atoms with Gasteiger partial charge in [-0.3, -0.25) is 0 Å². The van der Waals surface area contributed by atoms with E-state index in [1.54, 1.807) is 6.07 Å². The summed E-state index contributed by atoms with van der Waals surface area (Å²) in [4.78, 5) is 4.35. The molecular formula is C13H17Cl2N3. The summed E-state index contributed by atoms with van der Waals surface area (Å²) in [6.07, 6.45) is 1.08. The lowest BCUT2D eigenvalue weighted by atomic mass is 10.0. The van der Waals surface area contributed by atoms with E-state index in [1.165, 1.54) is 0 Å². The summed E-state index contributed by atoms with van der Waals surface area (Å²) in [6, 6.07) is 3.87. The van der Waals surface area contributed by atoms with Crippen LogP contribution in [0, 0.1) is 5.92 Å². The first-order valence-electron chi connectivity index (χ1n) is 6.08. The van der Waals surface area contributed by atoms with Crippen LogP contribution < -0.4 is 5.73 Å². The lowest BCUT2D eigenvalue weighted by molar-refractivity contribution is 0.381. The van der Waals surface area contributed by atoms with Gasteiger partial charge in [0.05, 0.1) is 21.1 Å². The summed E-state index contributed by atoms with van der Waals surface area (Å²) in [7, 11) is 0. The average molecular weight is 286 g/mol. The minimum Gasteiger partial charge on any atom is -0.369 e. The topological polar surface area (TPSA) is 43.8 Å². The number of nitrogens with zero attached hydrogens (tertiary/aromatic N) is 2. The van der Waals surface area contributed by atoms with Gasteiger partial charge in [-0.15, -0.1) is 0 Å². The van der Waals surface area contributed by atoms with Crippen LogP contribution in [-0.2, 0) is 0 Å². The molecule has 0 spiro atoms. The van der Waals surface area contributed by atoms with Gasteiger partial charge in [-0.25, -0.2) is 4.98 Å². The summed E-state index contributed by atoms with van der Waals surface area (Å²) in [5.74, 6) is 1.02. The van der Waals surface area contributed by atoms with Crippen molar-refractivity contribution in [2.75, 3.05) is 5.73 Å². The van der Waals surface area contributed by atoms with Crippen molar-refractivity contribution in [2.45, 2.75) is 33.2 Å². The van der Waals surface area contributed by atoms with E-state index in [4.69, 9.17) is 28.9 Å². The summed E-state index contributed by atoms with van der Waals surface area (Å²) in [5.41, 5.74) is 7.74. The number of rotatable bonds is 3. The number of aromatic nitrogens is 2. The third-order valence-electron chi connectivity index (χ3n) is 3.63. The fourth-order valence-corrected chi connectivity index (χ4v) is 2.45. The largest absolute Gasteiger partial charge is 0.369 e. The molecule has 3 nitrogen and oxygen atoms in total. The zero-order chi connectivity index (χ0) is 13.4. The van der Waals surface area contributed by atoms with Crippen LogP contribution in [0.4, 0.5) is 5.95 Å². The van der Waals surface area contributed by atoms with E-state index in [2.05, 4.69) is 25.8 Å². The molecule has 2 unspecified atom stereocenters. The summed E-state index contributed by atoms with van der Waals surface area (Å²) in [6.45, 7) is 6.52. The summed E-state index contributed by atoms with van der Waals surface area (Å²) < 4.78 is 2.03. The Kier molecular flexibility index (Phi) is 3.74. The van der Waals surface area contributed by atoms with Gasteiger partial charge in [0.1, 0.15) is 0 Å². The molecule has 0 aliphatic rings. The van der Waals surface area contributed by atoms with Gasteiger partial charge in [-0.2, -0.15) is 0 Å². The van der Waals surface area contributed by atoms with Crippen molar-refractivity contribution >= 4 is 40.2 Å². The Morgan fingerprint density at radius 2 is 1.89 bits per heavy atom. The standard InChI is InChI=1S/C13H17Cl2N3/c1-4-7(2)8(3)18-12-6-10(15)9(14)5-11(12)17-13(18)16/h5-8H,4H2,1-3H3,(H2,16,17). The Hall–Kier alpha value is -0.930. The van der Waals surface area contributed by atoms with Crippen molar-refractivity contribution in [3.05, 3.63) is 22.2 Å². The molecule has 0 fully saturated rings. The Morgan fingerprint density at radius 1 is 1.28 bits per heavy atom. The second-order valence-electron chi connectivity index (χ2n) is 4.72. The van der Waals surface area contributed by atoms with Gasteiger partial charge in [0.2, 0.25) is 5.95 Å². The summed E-state index contributed by atoms with van der Waals surface area (Å²) in [5, 5.41) is 1.03. The Labute approximate surface area is 117 Å². The Bertz CT molecular complexity index is 577. The van der Waals surface area contributed by atoms with E-state index < -0.39 is 0 Å². The van der Waals surface area contributed by atoms with E-state index >= 15 is 0 Å². The molecule has 0 saturated carbocycles. The molecular weight excluding hydrogens is 269 g/mol. The van der Waals surface area contributed by atoms with Crippen LogP contribution in [0.3, 0.4) is 0 Å². The number of imidazole rings is 1. The van der Waals surface area contributed by atoms with E-state index in [0.29, 0.717) is 21.9 Å². The number of nitrogen functional groups attached to an aromatic ring is 1. The lowest BCUT2D eigenvalue weighted by Crippen LogP contribution is -2.15. The van der Waals surface area contributed by atoms with Crippen molar-refractivity contribution in [1.29, 1.82) is 0 Å². The molecule has 0 amide bonds. The fourth-order valence-electron chi connectivity index (χ4n) is 2.13. The van der Waals surface area contributed by atoms with E-state index in [-0.39, 0.29) is 6.04 Å². The molecule has 1 aromatic heterocycles. The van der Waals surface area contributed by atoms with Crippen molar-refractivity contribution in [3.63, 3.8) is 0 Å². The molecule has 2 atom stereocenters. The highest BCUT2D eigenvalue weighted by atomic mass is 35.5. The number of anilines is 1. The Balaban J connectivity index is 2.63. The highest BCUT2D eigenvalue weighted by Gasteiger charge is 2.19. The third kappa shape index (κ3) is 2.17. The van der Waals surface area contributed by atoms with Gasteiger partial charge in [0.15, 0.2) is 0 Å². The minimum atomic E-state index is 0.275. The SMILES string of the molecule is CCC(C)C(C)n1c(N)nc2cc(Cl)c(Cl)cc21. The Morgan fingerprint density at radius 3 is 2.50 bits per heavy atom. The minimum absolute atomic E-state index is 0.275. The van der Waals surface area contributed by atoms with Gasteiger partial charge in [-0.05, 0) is 25.0 Å². The molecule has 0 bridgehead atoms. The molecule has 18 heavy (non-hydrogen) atoms. The second kappa shape index (κ2) is 4.98. The van der Waals surface area contributed by atoms with Gasteiger partial charge in [-0.1, -0.05) is 43.5 Å². The maximum Gasteiger partial charge on any atom is 0.201 e. The first-order chi connectivity index (χ1) is 8.45. The maximum absolute atomic E-state index is 6.07. The molecule has 2 aromatic rings. The average Bonchev–Trinajstić information content (AvgIpc) is 2.63. The number of halogens is 2. The van der Waals surface area contributed by atoms with Crippen LogP contribution in [0.5, 0.6) is 0 Å². The zero-order valence-electron chi connectivity index (χ0n) is 10.7. The molecule has 2 rings (SSSR count).